The minimum absolute atomic E-state index is 0.0760. The van der Waals surface area contributed by atoms with E-state index in [0.29, 0.717) is 16.7 Å². The van der Waals surface area contributed by atoms with Gasteiger partial charge in [0.25, 0.3) is 11.4 Å². The minimum Gasteiger partial charge on any atom is -0.300 e. The van der Waals surface area contributed by atoms with Crippen LogP contribution in [-0.4, -0.2) is 15.6 Å². The van der Waals surface area contributed by atoms with E-state index in [1.807, 2.05) is 0 Å². The van der Waals surface area contributed by atoms with Crippen molar-refractivity contribution in [3.05, 3.63) is 43.0 Å². The number of Topliss-reactive ketones (excluding diaryl/α,β-unsaturated/α-hetero) is 1. The molecule has 0 saturated heterocycles. The van der Waals surface area contributed by atoms with Gasteiger partial charge in [0.05, 0.1) is 15.9 Å². The summed E-state index contributed by atoms with van der Waals surface area (Å²) in [6.07, 6.45) is 0.160. The highest BCUT2D eigenvalue weighted by Crippen LogP contribution is 2.40. The first kappa shape index (κ1) is 16.7. The van der Waals surface area contributed by atoms with Crippen molar-refractivity contribution in [2.24, 2.45) is 0 Å². The van der Waals surface area contributed by atoms with Crippen LogP contribution < -0.4 is 0 Å². The standard InChI is InChI=1S/C14H18N2O5/c1-8(17)7-14(4,5)13-9(2)11(15(18)19)6-12(10(13)3)16(20)21/h6H,7H2,1-5H3. The molecule has 0 amide bonds. The number of rotatable bonds is 5. The maximum atomic E-state index is 11.4. The van der Waals surface area contributed by atoms with Crippen molar-refractivity contribution in [1.29, 1.82) is 0 Å². The van der Waals surface area contributed by atoms with Crippen LogP contribution in [0.2, 0.25) is 0 Å². The third-order valence-electron chi connectivity index (χ3n) is 3.55. The molecule has 0 spiro atoms. The number of carbonyl (C=O) groups excluding carboxylic acids is 1. The van der Waals surface area contributed by atoms with Gasteiger partial charge in [0, 0.05) is 17.5 Å². The molecule has 0 heterocycles. The molecule has 0 aliphatic rings. The van der Waals surface area contributed by atoms with E-state index in [9.17, 15) is 25.0 Å². The Balaban J connectivity index is 3.74. The van der Waals surface area contributed by atoms with Crippen molar-refractivity contribution in [3.8, 4) is 0 Å². The lowest BCUT2D eigenvalue weighted by molar-refractivity contribution is -0.395. The molecule has 1 aromatic rings. The van der Waals surface area contributed by atoms with E-state index in [1.54, 1.807) is 27.7 Å². The molecule has 0 saturated carbocycles. The second-order valence-electron chi connectivity index (χ2n) is 5.82. The molecule has 0 aromatic heterocycles. The lowest BCUT2D eigenvalue weighted by Crippen LogP contribution is -2.24. The van der Waals surface area contributed by atoms with E-state index in [0.717, 1.165) is 6.07 Å². The summed E-state index contributed by atoms with van der Waals surface area (Å²) in [7, 11) is 0. The number of hydrogen-bond donors (Lipinski definition) is 0. The second-order valence-corrected chi connectivity index (χ2v) is 5.82. The molecule has 0 aliphatic carbocycles. The fraction of sp³-hybridized carbons (Fsp3) is 0.500. The van der Waals surface area contributed by atoms with Crippen molar-refractivity contribution in [2.75, 3.05) is 0 Å². The molecule has 0 fully saturated rings. The minimum atomic E-state index is -0.712. The lowest BCUT2D eigenvalue weighted by Gasteiger charge is -2.27. The zero-order chi connectivity index (χ0) is 16.5. The van der Waals surface area contributed by atoms with Gasteiger partial charge in [0.15, 0.2) is 0 Å². The molecule has 1 rings (SSSR count). The van der Waals surface area contributed by atoms with Crippen LogP contribution in [0, 0.1) is 34.1 Å². The maximum absolute atomic E-state index is 11.4. The van der Waals surface area contributed by atoms with Gasteiger partial charge in [-0.15, -0.1) is 0 Å². The Kier molecular flexibility index (Phi) is 4.46. The summed E-state index contributed by atoms with van der Waals surface area (Å²) >= 11 is 0. The Labute approximate surface area is 122 Å². The summed E-state index contributed by atoms with van der Waals surface area (Å²) in [4.78, 5) is 32.4. The van der Waals surface area contributed by atoms with Crippen LogP contribution in [0.4, 0.5) is 11.4 Å². The van der Waals surface area contributed by atoms with E-state index < -0.39 is 15.3 Å². The summed E-state index contributed by atoms with van der Waals surface area (Å²) < 4.78 is 0. The SMILES string of the molecule is CC(=O)CC(C)(C)c1c(C)c([N+](=O)[O-])cc([N+](=O)[O-])c1C. The zero-order valence-electron chi connectivity index (χ0n) is 12.7. The number of nitrogens with zero attached hydrogens (tertiary/aromatic N) is 2. The number of nitro benzene ring substituents is 2. The van der Waals surface area contributed by atoms with Gasteiger partial charge in [-0.1, -0.05) is 13.8 Å². The Bertz CT molecular complexity index is 596. The zero-order valence-corrected chi connectivity index (χ0v) is 12.7. The van der Waals surface area contributed by atoms with Gasteiger partial charge in [-0.25, -0.2) is 0 Å². The third-order valence-corrected chi connectivity index (χ3v) is 3.55. The normalized spacial score (nSPS) is 11.3. The van der Waals surface area contributed by atoms with E-state index in [1.165, 1.54) is 6.92 Å². The number of benzene rings is 1. The van der Waals surface area contributed by atoms with Crippen LogP contribution in [0.15, 0.2) is 6.07 Å². The van der Waals surface area contributed by atoms with Crippen LogP contribution in [-0.2, 0) is 10.2 Å². The first-order valence-electron chi connectivity index (χ1n) is 6.42. The topological polar surface area (TPSA) is 103 Å². The average molecular weight is 294 g/mol. The molecular weight excluding hydrogens is 276 g/mol. The van der Waals surface area contributed by atoms with Crippen LogP contribution >= 0.6 is 0 Å². The van der Waals surface area contributed by atoms with Gasteiger partial charge in [0.1, 0.15) is 5.78 Å². The predicted octanol–water partition coefficient (Wildman–Crippen LogP) is 3.38. The highest BCUT2D eigenvalue weighted by Gasteiger charge is 2.34. The Hall–Kier alpha value is -2.31. The molecular formula is C14H18N2O5. The highest BCUT2D eigenvalue weighted by atomic mass is 16.6. The highest BCUT2D eigenvalue weighted by molar-refractivity contribution is 5.77. The molecule has 0 atom stereocenters. The van der Waals surface area contributed by atoms with Crippen LogP contribution in [0.5, 0.6) is 0 Å². The predicted molar refractivity (Wildman–Crippen MR) is 77.5 cm³/mol. The smallest absolute Gasteiger partial charge is 0.279 e. The van der Waals surface area contributed by atoms with E-state index in [4.69, 9.17) is 0 Å². The molecule has 0 bridgehead atoms. The van der Waals surface area contributed by atoms with Crippen molar-refractivity contribution >= 4 is 17.2 Å². The van der Waals surface area contributed by atoms with Gasteiger partial charge in [-0.3, -0.25) is 25.0 Å². The fourth-order valence-electron chi connectivity index (χ4n) is 2.99. The maximum Gasteiger partial charge on any atom is 0.279 e. The third kappa shape index (κ3) is 3.24. The molecule has 1 aromatic carbocycles. The molecule has 7 heteroatoms. The van der Waals surface area contributed by atoms with Gasteiger partial charge in [-0.2, -0.15) is 0 Å². The number of nitro groups is 2. The van der Waals surface area contributed by atoms with Crippen LogP contribution in [0.1, 0.15) is 43.9 Å². The van der Waals surface area contributed by atoms with Gasteiger partial charge < -0.3 is 0 Å². The summed E-state index contributed by atoms with van der Waals surface area (Å²) in [5.74, 6) is -0.0760. The fourth-order valence-corrected chi connectivity index (χ4v) is 2.99. The molecule has 0 aliphatic heterocycles. The lowest BCUT2D eigenvalue weighted by atomic mass is 9.75. The van der Waals surface area contributed by atoms with E-state index >= 15 is 0 Å². The van der Waals surface area contributed by atoms with Crippen molar-refractivity contribution in [3.63, 3.8) is 0 Å². The Morgan fingerprint density at radius 1 is 1.10 bits per heavy atom. The number of carbonyl (C=O) groups is 1. The largest absolute Gasteiger partial charge is 0.300 e. The number of hydrogen-bond acceptors (Lipinski definition) is 5. The molecule has 0 radical (unpaired) electrons. The summed E-state index contributed by atoms with van der Waals surface area (Å²) in [6, 6.07) is 0.984. The van der Waals surface area contributed by atoms with E-state index in [2.05, 4.69) is 0 Å². The molecule has 114 valence electrons. The monoisotopic (exact) mass is 294 g/mol. The van der Waals surface area contributed by atoms with Crippen molar-refractivity contribution in [2.45, 2.75) is 46.5 Å². The quantitative estimate of drug-likeness (QED) is 0.611. The molecule has 0 N–H and O–H groups in total. The van der Waals surface area contributed by atoms with Crippen molar-refractivity contribution < 1.29 is 14.6 Å². The summed E-state index contributed by atoms with van der Waals surface area (Å²) in [5.41, 5.74) is -0.0586. The van der Waals surface area contributed by atoms with Gasteiger partial charge in [0.2, 0.25) is 0 Å². The van der Waals surface area contributed by atoms with Crippen LogP contribution in [0.25, 0.3) is 0 Å². The first-order chi connectivity index (χ1) is 9.49. The van der Waals surface area contributed by atoms with Crippen LogP contribution in [0.3, 0.4) is 0 Å². The van der Waals surface area contributed by atoms with E-state index in [-0.39, 0.29) is 23.6 Å². The Morgan fingerprint density at radius 3 is 1.76 bits per heavy atom. The number of ketones is 1. The summed E-state index contributed by atoms with van der Waals surface area (Å²) in [5, 5.41) is 22.3. The van der Waals surface area contributed by atoms with Crippen molar-refractivity contribution in [1.82, 2.24) is 0 Å². The Morgan fingerprint density at radius 2 is 1.48 bits per heavy atom. The van der Waals surface area contributed by atoms with Gasteiger partial charge >= 0.3 is 0 Å². The molecule has 21 heavy (non-hydrogen) atoms. The molecule has 7 nitrogen and oxygen atoms in total. The first-order valence-corrected chi connectivity index (χ1v) is 6.42. The molecule has 0 unspecified atom stereocenters. The summed E-state index contributed by atoms with van der Waals surface area (Å²) in [6.45, 7) is 8.07. The average Bonchev–Trinajstić information content (AvgIpc) is 2.25. The second kappa shape index (κ2) is 5.59. The van der Waals surface area contributed by atoms with Gasteiger partial charge in [-0.05, 0) is 31.7 Å².